The highest BCUT2D eigenvalue weighted by molar-refractivity contribution is 5.77. The van der Waals surface area contributed by atoms with Crippen molar-refractivity contribution in [3.05, 3.63) is 60.0 Å². The Kier molecular flexibility index (Phi) is 3.65. The van der Waals surface area contributed by atoms with E-state index >= 15 is 0 Å². The van der Waals surface area contributed by atoms with Crippen molar-refractivity contribution in [3.8, 4) is 0 Å². The molecule has 1 N–H and O–H groups in total. The molecule has 3 nitrogen and oxygen atoms in total. The first-order valence-corrected chi connectivity index (χ1v) is 7.32. The van der Waals surface area contributed by atoms with Gasteiger partial charge in [0.25, 0.3) is 0 Å². The van der Waals surface area contributed by atoms with Crippen LogP contribution in [0.1, 0.15) is 31.3 Å². The molecule has 0 bridgehead atoms. The number of aryl methyl sites for hydroxylation is 1. The van der Waals surface area contributed by atoms with Crippen LogP contribution in [0.2, 0.25) is 0 Å². The molecule has 0 saturated carbocycles. The molecule has 0 spiro atoms. The molecule has 0 amide bonds. The summed E-state index contributed by atoms with van der Waals surface area (Å²) in [6.07, 6.45) is 0. The summed E-state index contributed by atoms with van der Waals surface area (Å²) in [4.78, 5) is 4.39. The molecular formula is C18H20N2O. The highest BCUT2D eigenvalue weighted by Gasteiger charge is 2.15. The van der Waals surface area contributed by atoms with Crippen LogP contribution in [0.25, 0.3) is 11.1 Å². The van der Waals surface area contributed by atoms with Gasteiger partial charge >= 0.3 is 0 Å². The van der Waals surface area contributed by atoms with Crippen LogP contribution in [-0.2, 0) is 0 Å². The fourth-order valence-corrected chi connectivity index (χ4v) is 2.61. The van der Waals surface area contributed by atoms with Crippen LogP contribution in [0.15, 0.2) is 52.9 Å². The predicted octanol–water partition coefficient (Wildman–Crippen LogP) is 4.95. The normalized spacial score (nSPS) is 12.8. The number of hydrogen-bond acceptors (Lipinski definition) is 3. The molecule has 108 valence electrons. The molecule has 0 saturated heterocycles. The van der Waals surface area contributed by atoms with Crippen LogP contribution in [0.3, 0.4) is 0 Å². The fourth-order valence-electron chi connectivity index (χ4n) is 2.61. The minimum absolute atomic E-state index is 0.275. The second-order valence-corrected chi connectivity index (χ2v) is 5.69. The van der Waals surface area contributed by atoms with E-state index in [0.717, 1.165) is 16.8 Å². The van der Waals surface area contributed by atoms with Crippen LogP contribution in [0.5, 0.6) is 0 Å². The molecule has 0 radical (unpaired) electrons. The van der Waals surface area contributed by atoms with Crippen LogP contribution in [-0.4, -0.2) is 4.98 Å². The van der Waals surface area contributed by atoms with E-state index in [9.17, 15) is 0 Å². The van der Waals surface area contributed by atoms with E-state index in [-0.39, 0.29) is 6.04 Å². The lowest BCUT2D eigenvalue weighted by molar-refractivity contribution is 0.546. The Bertz CT molecular complexity index is 731. The average Bonchev–Trinajstić information content (AvgIpc) is 2.84. The summed E-state index contributed by atoms with van der Waals surface area (Å²) in [5, 5.41) is 3.61. The Balaban J connectivity index is 1.90. The lowest BCUT2D eigenvalue weighted by Gasteiger charge is -2.24. The molecule has 3 rings (SSSR count). The van der Waals surface area contributed by atoms with Gasteiger partial charge in [-0.2, -0.15) is 0 Å². The molecule has 21 heavy (non-hydrogen) atoms. The number of fused-ring (bicyclic) bond motifs is 1. The van der Waals surface area contributed by atoms with Gasteiger partial charge in [0.15, 0.2) is 11.5 Å². The smallest absolute Gasteiger partial charge is 0.192 e. The monoisotopic (exact) mass is 280 g/mol. The van der Waals surface area contributed by atoms with Gasteiger partial charge in [-0.15, -0.1) is 0 Å². The third-order valence-corrected chi connectivity index (χ3v) is 3.64. The van der Waals surface area contributed by atoms with Crippen molar-refractivity contribution in [2.45, 2.75) is 26.8 Å². The second-order valence-electron chi connectivity index (χ2n) is 5.69. The maximum absolute atomic E-state index is 5.52. The fraction of sp³-hybridized carbons (Fsp3) is 0.278. The maximum atomic E-state index is 5.52. The SMILES string of the molecule is Cc1nc2cc(NC(c3ccccc3)C(C)C)ccc2o1. The summed E-state index contributed by atoms with van der Waals surface area (Å²) in [5.74, 6) is 1.19. The Morgan fingerprint density at radius 2 is 1.81 bits per heavy atom. The van der Waals surface area contributed by atoms with E-state index in [1.54, 1.807) is 0 Å². The van der Waals surface area contributed by atoms with Crippen molar-refractivity contribution in [2.24, 2.45) is 5.92 Å². The van der Waals surface area contributed by atoms with Gasteiger partial charge in [-0.25, -0.2) is 4.98 Å². The first kappa shape index (κ1) is 13.7. The number of hydrogen-bond donors (Lipinski definition) is 1. The highest BCUT2D eigenvalue weighted by Crippen LogP contribution is 2.28. The first-order chi connectivity index (χ1) is 10.1. The van der Waals surface area contributed by atoms with E-state index < -0.39 is 0 Å². The largest absolute Gasteiger partial charge is 0.441 e. The topological polar surface area (TPSA) is 38.1 Å². The number of benzene rings is 2. The summed E-state index contributed by atoms with van der Waals surface area (Å²) in [6.45, 7) is 6.32. The van der Waals surface area contributed by atoms with Gasteiger partial charge in [-0.1, -0.05) is 44.2 Å². The quantitative estimate of drug-likeness (QED) is 0.735. The predicted molar refractivity (Wildman–Crippen MR) is 86.4 cm³/mol. The summed E-state index contributed by atoms with van der Waals surface area (Å²) < 4.78 is 5.52. The first-order valence-electron chi connectivity index (χ1n) is 7.32. The van der Waals surface area contributed by atoms with Crippen molar-refractivity contribution >= 4 is 16.8 Å². The number of oxazole rings is 1. The molecule has 1 heterocycles. The summed E-state index contributed by atoms with van der Waals surface area (Å²) in [7, 11) is 0. The zero-order valence-corrected chi connectivity index (χ0v) is 12.6. The number of aromatic nitrogens is 1. The Morgan fingerprint density at radius 1 is 1.05 bits per heavy atom. The highest BCUT2D eigenvalue weighted by atomic mass is 16.3. The Morgan fingerprint density at radius 3 is 2.52 bits per heavy atom. The minimum atomic E-state index is 0.275. The van der Waals surface area contributed by atoms with Gasteiger partial charge in [-0.3, -0.25) is 0 Å². The standard InChI is InChI=1S/C18H20N2O/c1-12(2)18(14-7-5-4-6-8-14)20-15-9-10-17-16(11-15)19-13(3)21-17/h4-12,18,20H,1-3H3. The molecule has 0 aliphatic heterocycles. The molecule has 3 aromatic rings. The van der Waals surface area contributed by atoms with Crippen LogP contribution >= 0.6 is 0 Å². The van der Waals surface area contributed by atoms with Crippen molar-refractivity contribution in [1.29, 1.82) is 0 Å². The van der Waals surface area contributed by atoms with Gasteiger partial charge < -0.3 is 9.73 Å². The lowest BCUT2D eigenvalue weighted by atomic mass is 9.96. The molecule has 1 atom stereocenters. The molecule has 2 aromatic carbocycles. The van der Waals surface area contributed by atoms with Crippen LogP contribution in [0, 0.1) is 12.8 Å². The van der Waals surface area contributed by atoms with Gasteiger partial charge in [0.2, 0.25) is 0 Å². The molecule has 1 aromatic heterocycles. The van der Waals surface area contributed by atoms with Gasteiger partial charge in [-0.05, 0) is 29.7 Å². The number of rotatable bonds is 4. The zero-order chi connectivity index (χ0) is 14.8. The average molecular weight is 280 g/mol. The number of anilines is 1. The molecule has 0 fully saturated rings. The second kappa shape index (κ2) is 5.60. The zero-order valence-electron chi connectivity index (χ0n) is 12.6. The van der Waals surface area contributed by atoms with Crippen molar-refractivity contribution in [2.75, 3.05) is 5.32 Å². The van der Waals surface area contributed by atoms with E-state index in [4.69, 9.17) is 4.42 Å². The molecule has 0 aliphatic carbocycles. The van der Waals surface area contributed by atoms with E-state index in [2.05, 4.69) is 48.4 Å². The van der Waals surface area contributed by atoms with Gasteiger partial charge in [0, 0.05) is 12.6 Å². The summed E-state index contributed by atoms with van der Waals surface area (Å²) in [5.41, 5.74) is 4.09. The Hall–Kier alpha value is -2.29. The van der Waals surface area contributed by atoms with Crippen LogP contribution in [0.4, 0.5) is 5.69 Å². The van der Waals surface area contributed by atoms with E-state index in [1.807, 2.05) is 31.2 Å². The molecule has 0 aliphatic rings. The van der Waals surface area contributed by atoms with Crippen molar-refractivity contribution in [3.63, 3.8) is 0 Å². The molecular weight excluding hydrogens is 260 g/mol. The minimum Gasteiger partial charge on any atom is -0.441 e. The molecule has 1 unspecified atom stereocenters. The summed E-state index contributed by atoms with van der Waals surface area (Å²) >= 11 is 0. The van der Waals surface area contributed by atoms with E-state index in [0.29, 0.717) is 11.8 Å². The van der Waals surface area contributed by atoms with Crippen molar-refractivity contribution < 1.29 is 4.42 Å². The lowest BCUT2D eigenvalue weighted by Crippen LogP contribution is -2.16. The Labute approximate surface area is 125 Å². The van der Waals surface area contributed by atoms with Crippen molar-refractivity contribution in [1.82, 2.24) is 4.98 Å². The third-order valence-electron chi connectivity index (χ3n) is 3.64. The molecule has 3 heteroatoms. The maximum Gasteiger partial charge on any atom is 0.192 e. The summed E-state index contributed by atoms with van der Waals surface area (Å²) in [6, 6.07) is 16.9. The van der Waals surface area contributed by atoms with E-state index in [1.165, 1.54) is 5.56 Å². The third kappa shape index (κ3) is 2.92. The van der Waals surface area contributed by atoms with Crippen LogP contribution < -0.4 is 5.32 Å². The van der Waals surface area contributed by atoms with Gasteiger partial charge in [0.05, 0.1) is 6.04 Å². The number of nitrogens with zero attached hydrogens (tertiary/aromatic N) is 1. The number of nitrogens with one attached hydrogen (secondary N) is 1. The van der Waals surface area contributed by atoms with Gasteiger partial charge in [0.1, 0.15) is 5.52 Å².